The Bertz CT molecular complexity index is 652. The van der Waals surface area contributed by atoms with Gasteiger partial charge in [-0.25, -0.2) is 0 Å². The van der Waals surface area contributed by atoms with E-state index in [0.717, 1.165) is 10.9 Å². The molecular formula is C14H14N2O3. The quantitative estimate of drug-likeness (QED) is 0.909. The molecule has 0 saturated heterocycles. The van der Waals surface area contributed by atoms with Gasteiger partial charge in [0.2, 0.25) is 0 Å². The van der Waals surface area contributed by atoms with E-state index in [0.29, 0.717) is 11.3 Å². The minimum absolute atomic E-state index is 0.328. The van der Waals surface area contributed by atoms with Crippen molar-refractivity contribution in [3.8, 4) is 0 Å². The van der Waals surface area contributed by atoms with Crippen LogP contribution in [0.3, 0.4) is 0 Å². The number of hydrogen-bond donors (Lipinski definition) is 1. The van der Waals surface area contributed by atoms with Crippen molar-refractivity contribution in [2.45, 2.75) is 6.92 Å². The zero-order chi connectivity index (χ0) is 14.0. The number of carbonyl (C=O) groups excluding carboxylic acids is 1. The first kappa shape index (κ1) is 13.0. The smallest absolute Gasteiger partial charge is 0.323 e. The molecule has 5 heteroatoms. The van der Waals surface area contributed by atoms with E-state index < -0.39 is 5.97 Å². The summed E-state index contributed by atoms with van der Waals surface area (Å²) in [6.07, 6.45) is 0. The molecule has 1 amide bonds. The van der Waals surface area contributed by atoms with Crippen molar-refractivity contribution in [2.75, 3.05) is 13.6 Å². The number of likely N-dealkylation sites (N-methyl/N-ethyl adjacent to an activating group) is 1. The average molecular weight is 258 g/mol. The summed E-state index contributed by atoms with van der Waals surface area (Å²) in [6, 6.07) is 9.24. The highest BCUT2D eigenvalue weighted by Crippen LogP contribution is 2.17. The summed E-state index contributed by atoms with van der Waals surface area (Å²) in [6.45, 7) is 1.42. The Labute approximate surface area is 110 Å². The number of rotatable bonds is 3. The molecule has 2 aromatic rings. The number of carbonyl (C=O) groups is 2. The minimum atomic E-state index is -1.04. The van der Waals surface area contributed by atoms with Gasteiger partial charge >= 0.3 is 5.97 Å². The first-order chi connectivity index (χ1) is 8.99. The Morgan fingerprint density at radius 3 is 2.68 bits per heavy atom. The highest BCUT2D eigenvalue weighted by atomic mass is 16.4. The van der Waals surface area contributed by atoms with E-state index in [2.05, 4.69) is 4.98 Å². The standard InChI is InChI=1S/C14H14N2O3/c1-9-11(14(19)16(2)8-13(17)18)7-10-5-3-4-6-12(10)15-9/h3-7H,8H2,1-2H3,(H,17,18). The Morgan fingerprint density at radius 1 is 1.32 bits per heavy atom. The predicted molar refractivity (Wildman–Crippen MR) is 71.1 cm³/mol. The van der Waals surface area contributed by atoms with Crippen LogP contribution in [0.5, 0.6) is 0 Å². The average Bonchev–Trinajstić information content (AvgIpc) is 2.36. The van der Waals surface area contributed by atoms with Crippen LogP contribution in [0, 0.1) is 6.92 Å². The molecule has 0 radical (unpaired) electrons. The number of aryl methyl sites for hydroxylation is 1. The first-order valence-corrected chi connectivity index (χ1v) is 5.82. The fourth-order valence-corrected chi connectivity index (χ4v) is 1.91. The maximum atomic E-state index is 12.2. The molecule has 0 unspecified atom stereocenters. The number of carboxylic acid groups (broad SMARTS) is 1. The molecule has 1 N–H and O–H groups in total. The number of benzene rings is 1. The molecule has 98 valence electrons. The number of nitrogens with zero attached hydrogens (tertiary/aromatic N) is 2. The Balaban J connectivity index is 2.41. The number of carboxylic acids is 1. The highest BCUT2D eigenvalue weighted by molar-refractivity contribution is 5.99. The molecule has 0 saturated carbocycles. The number of amides is 1. The largest absolute Gasteiger partial charge is 0.480 e. The first-order valence-electron chi connectivity index (χ1n) is 5.82. The summed E-state index contributed by atoms with van der Waals surface area (Å²) in [5, 5.41) is 9.57. The molecule has 1 aromatic heterocycles. The predicted octanol–water partition coefficient (Wildman–Crippen LogP) is 1.70. The van der Waals surface area contributed by atoms with E-state index in [1.54, 1.807) is 13.0 Å². The van der Waals surface area contributed by atoms with Crippen molar-refractivity contribution < 1.29 is 14.7 Å². The maximum absolute atomic E-state index is 12.2. The van der Waals surface area contributed by atoms with E-state index in [9.17, 15) is 9.59 Å². The summed E-state index contributed by atoms with van der Waals surface area (Å²) in [4.78, 5) is 28.3. The molecule has 0 bridgehead atoms. The molecule has 5 nitrogen and oxygen atoms in total. The van der Waals surface area contributed by atoms with Crippen LogP contribution in [-0.2, 0) is 4.79 Å². The van der Waals surface area contributed by atoms with E-state index in [1.807, 2.05) is 24.3 Å². The summed E-state index contributed by atoms with van der Waals surface area (Å²) in [5.74, 6) is -1.37. The summed E-state index contributed by atoms with van der Waals surface area (Å²) >= 11 is 0. The lowest BCUT2D eigenvalue weighted by atomic mass is 10.1. The van der Waals surface area contributed by atoms with Gasteiger partial charge in [-0.1, -0.05) is 18.2 Å². The van der Waals surface area contributed by atoms with Crippen molar-refractivity contribution in [3.05, 3.63) is 41.6 Å². The molecule has 0 aliphatic heterocycles. The van der Waals surface area contributed by atoms with Gasteiger partial charge in [0.1, 0.15) is 6.54 Å². The van der Waals surface area contributed by atoms with Crippen LogP contribution in [-0.4, -0.2) is 40.5 Å². The van der Waals surface area contributed by atoms with E-state index in [-0.39, 0.29) is 12.5 Å². The second kappa shape index (κ2) is 5.06. The second-order valence-corrected chi connectivity index (χ2v) is 4.37. The molecule has 0 atom stereocenters. The third-order valence-corrected chi connectivity index (χ3v) is 2.86. The number of aliphatic carboxylic acids is 1. The van der Waals surface area contributed by atoms with Crippen LogP contribution in [0.2, 0.25) is 0 Å². The zero-order valence-corrected chi connectivity index (χ0v) is 10.8. The van der Waals surface area contributed by atoms with Crippen molar-refractivity contribution >= 4 is 22.8 Å². The monoisotopic (exact) mass is 258 g/mol. The van der Waals surface area contributed by atoms with Crippen molar-refractivity contribution in [1.29, 1.82) is 0 Å². The van der Waals surface area contributed by atoms with Gasteiger partial charge in [0.25, 0.3) is 5.91 Å². The highest BCUT2D eigenvalue weighted by Gasteiger charge is 2.17. The second-order valence-electron chi connectivity index (χ2n) is 4.37. The molecule has 0 fully saturated rings. The van der Waals surface area contributed by atoms with Crippen molar-refractivity contribution in [2.24, 2.45) is 0 Å². The lowest BCUT2D eigenvalue weighted by Gasteiger charge is -2.16. The van der Waals surface area contributed by atoms with Crippen LogP contribution < -0.4 is 0 Å². The van der Waals surface area contributed by atoms with Gasteiger partial charge in [-0.3, -0.25) is 14.6 Å². The summed E-state index contributed by atoms with van der Waals surface area (Å²) in [5.41, 5.74) is 1.85. The summed E-state index contributed by atoms with van der Waals surface area (Å²) in [7, 11) is 1.46. The zero-order valence-electron chi connectivity index (χ0n) is 10.8. The Hall–Kier alpha value is -2.43. The normalized spacial score (nSPS) is 10.4. The molecule has 0 spiro atoms. The van der Waals surface area contributed by atoms with Crippen LogP contribution >= 0.6 is 0 Å². The minimum Gasteiger partial charge on any atom is -0.480 e. The van der Waals surface area contributed by atoms with Crippen molar-refractivity contribution in [3.63, 3.8) is 0 Å². The Morgan fingerprint density at radius 2 is 2.00 bits per heavy atom. The van der Waals surface area contributed by atoms with E-state index >= 15 is 0 Å². The molecule has 2 rings (SSSR count). The molecule has 19 heavy (non-hydrogen) atoms. The number of hydrogen-bond acceptors (Lipinski definition) is 3. The van der Waals surface area contributed by atoms with E-state index in [4.69, 9.17) is 5.11 Å². The third kappa shape index (κ3) is 2.70. The van der Waals surface area contributed by atoms with Crippen LogP contribution in [0.4, 0.5) is 0 Å². The number of aromatic nitrogens is 1. The SMILES string of the molecule is Cc1nc2ccccc2cc1C(=O)N(C)CC(=O)O. The molecule has 1 aromatic carbocycles. The number of fused-ring (bicyclic) bond motifs is 1. The molecule has 1 heterocycles. The number of pyridine rings is 1. The van der Waals surface area contributed by atoms with Crippen LogP contribution in [0.15, 0.2) is 30.3 Å². The van der Waals surface area contributed by atoms with Crippen LogP contribution in [0.1, 0.15) is 16.1 Å². The number of para-hydroxylation sites is 1. The van der Waals surface area contributed by atoms with Gasteiger partial charge in [-0.15, -0.1) is 0 Å². The topological polar surface area (TPSA) is 70.5 Å². The van der Waals surface area contributed by atoms with Crippen LogP contribution in [0.25, 0.3) is 10.9 Å². The summed E-state index contributed by atoms with van der Waals surface area (Å²) < 4.78 is 0. The van der Waals surface area contributed by atoms with Gasteiger partial charge in [0.15, 0.2) is 0 Å². The van der Waals surface area contributed by atoms with Crippen molar-refractivity contribution in [1.82, 2.24) is 9.88 Å². The molecule has 0 aliphatic carbocycles. The lowest BCUT2D eigenvalue weighted by Crippen LogP contribution is -2.32. The third-order valence-electron chi connectivity index (χ3n) is 2.86. The maximum Gasteiger partial charge on any atom is 0.323 e. The van der Waals surface area contributed by atoms with E-state index in [1.165, 1.54) is 11.9 Å². The van der Waals surface area contributed by atoms with Gasteiger partial charge < -0.3 is 10.0 Å². The molecular weight excluding hydrogens is 244 g/mol. The molecule has 0 aliphatic rings. The fraction of sp³-hybridized carbons (Fsp3) is 0.214. The van der Waals surface area contributed by atoms with Gasteiger partial charge in [0, 0.05) is 12.4 Å². The van der Waals surface area contributed by atoms with Gasteiger partial charge in [0.05, 0.1) is 16.8 Å². The lowest BCUT2D eigenvalue weighted by molar-refractivity contribution is -0.137. The van der Waals surface area contributed by atoms with Gasteiger partial charge in [-0.05, 0) is 19.1 Å². The fourth-order valence-electron chi connectivity index (χ4n) is 1.91. The Kier molecular flexibility index (Phi) is 3.46. The van der Waals surface area contributed by atoms with Gasteiger partial charge in [-0.2, -0.15) is 0 Å².